The van der Waals surface area contributed by atoms with Gasteiger partial charge in [-0.2, -0.15) is 0 Å². The highest BCUT2D eigenvalue weighted by molar-refractivity contribution is 5.95. The van der Waals surface area contributed by atoms with Gasteiger partial charge in [0, 0.05) is 12.6 Å². The lowest BCUT2D eigenvalue weighted by Crippen LogP contribution is -2.37. The fraction of sp³-hybridized carbons (Fsp3) is 0.538. The molecule has 4 N–H and O–H groups in total. The minimum atomic E-state index is -0.0182. The molecular formula is C13H22N4O2. The summed E-state index contributed by atoms with van der Waals surface area (Å²) >= 11 is 0. The second-order valence-electron chi connectivity index (χ2n) is 4.25. The molecule has 0 aromatic carbocycles. The highest BCUT2D eigenvalue weighted by Crippen LogP contribution is 2.18. The van der Waals surface area contributed by atoms with E-state index in [1.165, 1.54) is 0 Å². The lowest BCUT2D eigenvalue weighted by Gasteiger charge is -2.31. The first-order valence-electron chi connectivity index (χ1n) is 6.50. The molecule has 6 nitrogen and oxygen atoms in total. The smallest absolute Gasteiger partial charge is 0.188 e. The molecule has 0 radical (unpaired) electrons. The molecule has 0 spiro atoms. The van der Waals surface area contributed by atoms with Crippen molar-refractivity contribution in [3.8, 4) is 0 Å². The molecule has 6 heteroatoms. The number of anilines is 1. The average molecular weight is 266 g/mol. The molecule has 0 saturated heterocycles. The van der Waals surface area contributed by atoms with Gasteiger partial charge < -0.3 is 20.9 Å². The van der Waals surface area contributed by atoms with Crippen LogP contribution in [0.1, 0.15) is 32.4 Å². The lowest BCUT2D eigenvalue weighted by atomic mass is 10.1. The van der Waals surface area contributed by atoms with Gasteiger partial charge in [0.1, 0.15) is 11.5 Å². The van der Waals surface area contributed by atoms with Crippen LogP contribution in [0.3, 0.4) is 0 Å². The zero-order valence-corrected chi connectivity index (χ0v) is 11.5. The predicted octanol–water partition coefficient (Wildman–Crippen LogP) is 1.16. The molecule has 0 fully saturated rings. The van der Waals surface area contributed by atoms with E-state index < -0.39 is 0 Å². The Morgan fingerprint density at radius 2 is 2.11 bits per heavy atom. The number of nitrogens with two attached hydrogens (primary N) is 1. The van der Waals surface area contributed by atoms with Crippen molar-refractivity contribution in [1.29, 1.82) is 0 Å². The summed E-state index contributed by atoms with van der Waals surface area (Å²) in [6.07, 6.45) is 1.93. The van der Waals surface area contributed by atoms with Gasteiger partial charge in [0.25, 0.3) is 0 Å². The summed E-state index contributed by atoms with van der Waals surface area (Å²) in [5.41, 5.74) is 5.97. The van der Waals surface area contributed by atoms with Gasteiger partial charge in [-0.1, -0.05) is 25.1 Å². The number of hydrogen-bond acceptors (Lipinski definition) is 5. The molecule has 0 aliphatic carbocycles. The Balaban J connectivity index is 3.08. The van der Waals surface area contributed by atoms with Gasteiger partial charge in [-0.05, 0) is 25.0 Å². The quantitative estimate of drug-likeness (QED) is 0.298. The van der Waals surface area contributed by atoms with Crippen molar-refractivity contribution in [2.45, 2.75) is 32.7 Å². The van der Waals surface area contributed by atoms with Gasteiger partial charge in [-0.3, -0.25) is 0 Å². The Hall–Kier alpha value is -1.82. The number of oxime groups is 1. The van der Waals surface area contributed by atoms with Crippen LogP contribution in [0, 0.1) is 0 Å². The molecule has 1 aromatic rings. The summed E-state index contributed by atoms with van der Waals surface area (Å²) < 4.78 is 0. The number of pyridine rings is 1. The fourth-order valence-electron chi connectivity index (χ4n) is 2.10. The van der Waals surface area contributed by atoms with E-state index in [1.807, 2.05) is 17.0 Å². The second kappa shape index (κ2) is 7.58. The summed E-state index contributed by atoms with van der Waals surface area (Å²) in [7, 11) is 0. The van der Waals surface area contributed by atoms with E-state index in [0.29, 0.717) is 18.3 Å². The van der Waals surface area contributed by atoms with Crippen LogP contribution in [-0.4, -0.2) is 40.3 Å². The maximum atomic E-state index is 9.20. The number of aromatic nitrogens is 1. The maximum Gasteiger partial charge on any atom is 0.188 e. The molecule has 0 saturated carbocycles. The van der Waals surface area contributed by atoms with Crippen molar-refractivity contribution in [3.63, 3.8) is 0 Å². The normalized spacial score (nSPS) is 11.9. The monoisotopic (exact) mass is 266 g/mol. The van der Waals surface area contributed by atoms with E-state index in [4.69, 9.17) is 10.9 Å². The highest BCUT2D eigenvalue weighted by atomic mass is 16.4. The van der Waals surface area contributed by atoms with Gasteiger partial charge >= 0.3 is 0 Å². The van der Waals surface area contributed by atoms with E-state index in [1.54, 1.807) is 6.07 Å². The molecule has 106 valence electrons. The van der Waals surface area contributed by atoms with Crippen LogP contribution >= 0.6 is 0 Å². The molecule has 1 heterocycles. The SMILES string of the molecule is CCC(CC)N(CCO)c1cccc(C(N)=NO)n1. The first kappa shape index (κ1) is 15.2. The molecule has 0 bridgehead atoms. The van der Waals surface area contributed by atoms with Crippen LogP contribution in [0.5, 0.6) is 0 Å². The van der Waals surface area contributed by atoms with Crippen LogP contribution in [-0.2, 0) is 0 Å². The molecule has 0 amide bonds. The summed E-state index contributed by atoms with van der Waals surface area (Å²) in [5.74, 6) is 0.710. The first-order chi connectivity index (χ1) is 9.17. The summed E-state index contributed by atoms with van der Waals surface area (Å²) in [4.78, 5) is 6.43. The predicted molar refractivity (Wildman–Crippen MR) is 75.5 cm³/mol. The number of aliphatic hydroxyl groups excluding tert-OH is 1. The van der Waals surface area contributed by atoms with Crippen molar-refractivity contribution in [2.75, 3.05) is 18.1 Å². The summed E-state index contributed by atoms with van der Waals surface area (Å²) in [5, 5.41) is 20.9. The maximum absolute atomic E-state index is 9.20. The number of aliphatic hydroxyl groups is 1. The minimum Gasteiger partial charge on any atom is -0.409 e. The largest absolute Gasteiger partial charge is 0.409 e. The lowest BCUT2D eigenvalue weighted by molar-refractivity contribution is 0.295. The minimum absolute atomic E-state index is 0.0182. The van der Waals surface area contributed by atoms with Crippen molar-refractivity contribution in [1.82, 2.24) is 4.98 Å². The van der Waals surface area contributed by atoms with Crippen LogP contribution < -0.4 is 10.6 Å². The molecule has 0 aliphatic rings. The molecular weight excluding hydrogens is 244 g/mol. The highest BCUT2D eigenvalue weighted by Gasteiger charge is 2.17. The fourth-order valence-corrected chi connectivity index (χ4v) is 2.10. The number of nitrogens with zero attached hydrogens (tertiary/aromatic N) is 3. The van der Waals surface area contributed by atoms with Gasteiger partial charge in [0.15, 0.2) is 5.84 Å². The van der Waals surface area contributed by atoms with E-state index in [9.17, 15) is 5.11 Å². The Labute approximate surface area is 113 Å². The zero-order valence-electron chi connectivity index (χ0n) is 11.5. The third-order valence-electron chi connectivity index (χ3n) is 3.12. The number of hydrogen-bond donors (Lipinski definition) is 3. The van der Waals surface area contributed by atoms with Gasteiger partial charge in [-0.15, -0.1) is 0 Å². The summed E-state index contributed by atoms with van der Waals surface area (Å²) in [6.45, 7) is 4.78. The first-order valence-corrected chi connectivity index (χ1v) is 6.50. The van der Waals surface area contributed by atoms with Crippen LogP contribution in [0.4, 0.5) is 5.82 Å². The van der Waals surface area contributed by atoms with Crippen molar-refractivity contribution in [3.05, 3.63) is 23.9 Å². The van der Waals surface area contributed by atoms with Crippen molar-refractivity contribution >= 4 is 11.7 Å². The van der Waals surface area contributed by atoms with Crippen molar-refractivity contribution < 1.29 is 10.3 Å². The molecule has 1 aromatic heterocycles. The summed E-state index contributed by atoms with van der Waals surface area (Å²) in [6, 6.07) is 5.66. The van der Waals surface area contributed by atoms with E-state index >= 15 is 0 Å². The Morgan fingerprint density at radius 1 is 1.42 bits per heavy atom. The van der Waals surface area contributed by atoms with Gasteiger partial charge in [0.2, 0.25) is 0 Å². The molecule has 1 rings (SSSR count). The zero-order chi connectivity index (χ0) is 14.3. The molecule has 0 atom stereocenters. The van der Waals surface area contributed by atoms with E-state index in [-0.39, 0.29) is 12.4 Å². The topological polar surface area (TPSA) is 95.0 Å². The van der Waals surface area contributed by atoms with E-state index in [0.717, 1.165) is 18.7 Å². The third kappa shape index (κ3) is 3.82. The van der Waals surface area contributed by atoms with Crippen molar-refractivity contribution in [2.24, 2.45) is 10.9 Å². The third-order valence-corrected chi connectivity index (χ3v) is 3.12. The molecule has 0 aliphatic heterocycles. The van der Waals surface area contributed by atoms with Gasteiger partial charge in [0.05, 0.1) is 6.61 Å². The Morgan fingerprint density at radius 3 is 2.63 bits per heavy atom. The second-order valence-corrected chi connectivity index (χ2v) is 4.25. The Bertz CT molecular complexity index is 419. The molecule has 19 heavy (non-hydrogen) atoms. The van der Waals surface area contributed by atoms with Crippen LogP contribution in [0.15, 0.2) is 23.4 Å². The standard InChI is InChI=1S/C13H22N4O2/c1-3-10(4-2)17(8-9-18)12-7-5-6-11(15-12)13(14)16-19/h5-7,10,18-19H,3-4,8-9H2,1-2H3,(H2,14,16). The van der Waals surface area contributed by atoms with Crippen LogP contribution in [0.2, 0.25) is 0 Å². The number of rotatable bonds is 7. The Kier molecular flexibility index (Phi) is 6.08. The van der Waals surface area contributed by atoms with E-state index in [2.05, 4.69) is 24.0 Å². The van der Waals surface area contributed by atoms with Gasteiger partial charge in [-0.25, -0.2) is 4.98 Å². The average Bonchev–Trinajstić information content (AvgIpc) is 2.46. The molecule has 0 unspecified atom stereocenters. The van der Waals surface area contributed by atoms with Crippen LogP contribution in [0.25, 0.3) is 0 Å². The number of amidine groups is 1.